The van der Waals surface area contributed by atoms with Crippen LogP contribution in [0.1, 0.15) is 31.0 Å². The fourth-order valence-electron chi connectivity index (χ4n) is 2.72. The van der Waals surface area contributed by atoms with Gasteiger partial charge < -0.3 is 14.9 Å². The molecule has 1 unspecified atom stereocenters. The first-order valence-corrected chi connectivity index (χ1v) is 8.72. The zero-order chi connectivity index (χ0) is 18.9. The third-order valence-corrected chi connectivity index (χ3v) is 3.98. The van der Waals surface area contributed by atoms with Crippen LogP contribution in [0.2, 0.25) is 0 Å². The van der Waals surface area contributed by atoms with Gasteiger partial charge in [-0.2, -0.15) is 0 Å². The molecule has 2 rings (SSSR count). The molecule has 26 heavy (non-hydrogen) atoms. The molecule has 0 bridgehead atoms. The Balaban J connectivity index is 2.09. The highest BCUT2D eigenvalue weighted by atomic mass is 16.5. The SMILES string of the molecule is CCOC(=O)CC(O)C[C@H](O)C=Cc1c(-c2ccccc2)ccnc1C. The number of aliphatic hydroxyl groups excluding tert-OH is 2. The van der Waals surface area contributed by atoms with Crippen molar-refractivity contribution in [1.29, 1.82) is 0 Å². The van der Waals surface area contributed by atoms with Crippen LogP contribution in [0.25, 0.3) is 17.2 Å². The average molecular weight is 355 g/mol. The Morgan fingerprint density at radius 2 is 1.96 bits per heavy atom. The molecule has 1 aromatic carbocycles. The standard InChI is InChI=1S/C21H25NO4/c1-3-26-21(25)14-18(24)13-17(23)9-10-19-15(2)22-12-11-20(19)16-7-5-4-6-8-16/h4-12,17-18,23-24H,3,13-14H2,1-2H3/t17-,18?/m1/s1. The van der Waals surface area contributed by atoms with E-state index in [9.17, 15) is 15.0 Å². The van der Waals surface area contributed by atoms with Gasteiger partial charge in [-0.05, 0) is 31.0 Å². The highest BCUT2D eigenvalue weighted by molar-refractivity contribution is 5.76. The van der Waals surface area contributed by atoms with Gasteiger partial charge in [-0.1, -0.05) is 42.5 Å². The second kappa shape index (κ2) is 9.85. The molecule has 0 aliphatic heterocycles. The van der Waals surface area contributed by atoms with Gasteiger partial charge in [0, 0.05) is 23.9 Å². The molecule has 0 saturated heterocycles. The van der Waals surface area contributed by atoms with Crippen molar-refractivity contribution in [2.75, 3.05) is 6.61 Å². The van der Waals surface area contributed by atoms with Crippen molar-refractivity contribution in [1.82, 2.24) is 4.98 Å². The number of hydrogen-bond donors (Lipinski definition) is 2. The fraction of sp³-hybridized carbons (Fsp3) is 0.333. The lowest BCUT2D eigenvalue weighted by Crippen LogP contribution is -2.20. The minimum absolute atomic E-state index is 0.0648. The summed E-state index contributed by atoms with van der Waals surface area (Å²) in [5.74, 6) is -0.467. The first-order valence-electron chi connectivity index (χ1n) is 8.72. The van der Waals surface area contributed by atoms with Gasteiger partial charge in [-0.25, -0.2) is 0 Å². The normalized spacial score (nSPS) is 13.5. The van der Waals surface area contributed by atoms with Crippen molar-refractivity contribution in [3.05, 3.63) is 59.9 Å². The Kier molecular flexibility index (Phi) is 7.51. The van der Waals surface area contributed by atoms with Crippen molar-refractivity contribution in [3.63, 3.8) is 0 Å². The molecule has 2 N–H and O–H groups in total. The van der Waals surface area contributed by atoms with Crippen LogP contribution in [0.3, 0.4) is 0 Å². The molecule has 0 spiro atoms. The molecule has 0 amide bonds. The summed E-state index contributed by atoms with van der Waals surface area (Å²) in [5, 5.41) is 20.1. The largest absolute Gasteiger partial charge is 0.466 e. The Bertz CT molecular complexity index is 743. The molecule has 138 valence electrons. The van der Waals surface area contributed by atoms with Gasteiger partial charge in [-0.15, -0.1) is 0 Å². The number of pyridine rings is 1. The Hall–Kier alpha value is -2.50. The molecule has 1 heterocycles. The van der Waals surface area contributed by atoms with Crippen molar-refractivity contribution < 1.29 is 19.7 Å². The Labute approximate surface area is 154 Å². The maximum atomic E-state index is 11.4. The summed E-state index contributed by atoms with van der Waals surface area (Å²) in [4.78, 5) is 15.7. The molecule has 2 aromatic rings. The van der Waals surface area contributed by atoms with E-state index < -0.39 is 18.2 Å². The quantitative estimate of drug-likeness (QED) is 0.711. The number of benzene rings is 1. The van der Waals surface area contributed by atoms with Crippen LogP contribution in [0.5, 0.6) is 0 Å². The van der Waals surface area contributed by atoms with Crippen LogP contribution in [0.4, 0.5) is 0 Å². The zero-order valence-electron chi connectivity index (χ0n) is 15.1. The fourth-order valence-corrected chi connectivity index (χ4v) is 2.72. The second-order valence-electron chi connectivity index (χ2n) is 6.05. The van der Waals surface area contributed by atoms with E-state index in [0.29, 0.717) is 0 Å². The van der Waals surface area contributed by atoms with Crippen LogP contribution >= 0.6 is 0 Å². The summed E-state index contributed by atoms with van der Waals surface area (Å²) in [6.07, 6.45) is 3.31. The topological polar surface area (TPSA) is 79.7 Å². The zero-order valence-corrected chi connectivity index (χ0v) is 15.1. The number of hydrogen-bond acceptors (Lipinski definition) is 5. The monoisotopic (exact) mass is 355 g/mol. The molecule has 2 atom stereocenters. The van der Waals surface area contributed by atoms with Crippen molar-refractivity contribution in [2.24, 2.45) is 0 Å². The summed E-state index contributed by atoms with van der Waals surface area (Å²) in [6, 6.07) is 11.9. The average Bonchev–Trinajstić information content (AvgIpc) is 2.61. The maximum absolute atomic E-state index is 11.4. The smallest absolute Gasteiger partial charge is 0.308 e. The maximum Gasteiger partial charge on any atom is 0.308 e. The number of aryl methyl sites for hydroxylation is 1. The molecule has 5 nitrogen and oxygen atoms in total. The lowest BCUT2D eigenvalue weighted by molar-refractivity contribution is -0.145. The van der Waals surface area contributed by atoms with Crippen LogP contribution in [0, 0.1) is 6.92 Å². The Morgan fingerprint density at radius 3 is 2.65 bits per heavy atom. The summed E-state index contributed by atoms with van der Waals surface area (Å²) < 4.78 is 4.80. The van der Waals surface area contributed by atoms with E-state index in [1.54, 1.807) is 19.2 Å². The van der Waals surface area contributed by atoms with E-state index in [-0.39, 0.29) is 19.4 Å². The van der Waals surface area contributed by atoms with Gasteiger partial charge in [0.25, 0.3) is 0 Å². The van der Waals surface area contributed by atoms with E-state index in [0.717, 1.165) is 22.4 Å². The number of carbonyl (C=O) groups is 1. The molecule has 0 aliphatic rings. The molecular formula is C21H25NO4. The summed E-state index contributed by atoms with van der Waals surface area (Å²) in [7, 11) is 0. The van der Waals surface area contributed by atoms with Crippen molar-refractivity contribution in [2.45, 2.75) is 38.9 Å². The second-order valence-corrected chi connectivity index (χ2v) is 6.05. The van der Waals surface area contributed by atoms with E-state index in [1.165, 1.54) is 0 Å². The van der Waals surface area contributed by atoms with Gasteiger partial charge in [0.05, 0.1) is 25.2 Å². The molecule has 0 aliphatic carbocycles. The van der Waals surface area contributed by atoms with Gasteiger partial charge in [0.2, 0.25) is 0 Å². The Morgan fingerprint density at radius 1 is 1.23 bits per heavy atom. The van der Waals surface area contributed by atoms with Gasteiger partial charge in [0.15, 0.2) is 0 Å². The third-order valence-electron chi connectivity index (χ3n) is 3.98. The predicted octanol–water partition coefficient (Wildman–Crippen LogP) is 3.14. The molecular weight excluding hydrogens is 330 g/mol. The molecule has 0 saturated carbocycles. The first kappa shape index (κ1) is 19.8. The van der Waals surface area contributed by atoms with E-state index >= 15 is 0 Å². The molecule has 1 aromatic heterocycles. The summed E-state index contributed by atoms with van der Waals surface area (Å²) in [5.41, 5.74) is 3.85. The number of aromatic nitrogens is 1. The van der Waals surface area contributed by atoms with Gasteiger partial charge in [0.1, 0.15) is 0 Å². The van der Waals surface area contributed by atoms with E-state index in [2.05, 4.69) is 4.98 Å². The third kappa shape index (κ3) is 5.79. The lowest BCUT2D eigenvalue weighted by atomic mass is 9.98. The number of rotatable bonds is 8. The molecule has 5 heteroatoms. The van der Waals surface area contributed by atoms with Crippen LogP contribution in [0.15, 0.2) is 48.7 Å². The van der Waals surface area contributed by atoms with Gasteiger partial charge >= 0.3 is 5.97 Å². The molecule has 0 fully saturated rings. The summed E-state index contributed by atoms with van der Waals surface area (Å²) >= 11 is 0. The minimum Gasteiger partial charge on any atom is -0.466 e. The highest BCUT2D eigenvalue weighted by Gasteiger charge is 2.15. The van der Waals surface area contributed by atoms with Crippen LogP contribution in [-0.4, -0.2) is 40.0 Å². The van der Waals surface area contributed by atoms with Crippen molar-refractivity contribution in [3.8, 4) is 11.1 Å². The van der Waals surface area contributed by atoms with E-state index in [1.807, 2.05) is 49.4 Å². The minimum atomic E-state index is -0.947. The number of esters is 1. The number of carbonyl (C=O) groups excluding carboxylic acids is 1. The van der Waals surface area contributed by atoms with Crippen LogP contribution < -0.4 is 0 Å². The first-order chi connectivity index (χ1) is 12.5. The molecule has 0 radical (unpaired) electrons. The summed E-state index contributed by atoms with van der Waals surface area (Å²) in [6.45, 7) is 3.90. The number of ether oxygens (including phenoxy) is 1. The van der Waals surface area contributed by atoms with Crippen molar-refractivity contribution >= 4 is 12.0 Å². The number of aliphatic hydroxyl groups is 2. The lowest BCUT2D eigenvalue weighted by Gasteiger charge is -2.13. The van der Waals surface area contributed by atoms with Gasteiger partial charge in [-0.3, -0.25) is 9.78 Å². The van der Waals surface area contributed by atoms with E-state index in [4.69, 9.17) is 4.74 Å². The highest BCUT2D eigenvalue weighted by Crippen LogP contribution is 2.26. The number of nitrogens with zero attached hydrogens (tertiary/aromatic N) is 1. The predicted molar refractivity (Wildman–Crippen MR) is 101 cm³/mol. The van der Waals surface area contributed by atoms with Crippen LogP contribution in [-0.2, 0) is 9.53 Å².